The quantitative estimate of drug-likeness (QED) is 0.436. The Hall–Kier alpha value is -0.200. The molecule has 0 aliphatic rings. The molecular formula is C8H18O5. The van der Waals surface area contributed by atoms with Crippen LogP contribution in [0.3, 0.4) is 0 Å². The van der Waals surface area contributed by atoms with Crippen molar-refractivity contribution in [1.29, 1.82) is 0 Å². The zero-order valence-electron chi connectivity index (χ0n) is 7.85. The van der Waals surface area contributed by atoms with Gasteiger partial charge >= 0.3 is 0 Å². The minimum Gasteiger partial charge on any atom is -0.394 e. The van der Waals surface area contributed by atoms with Gasteiger partial charge in [0.05, 0.1) is 26.4 Å². The lowest BCUT2D eigenvalue weighted by Crippen LogP contribution is -2.26. The molecule has 0 amide bonds. The lowest BCUT2D eigenvalue weighted by atomic mass is 10.4. The molecule has 80 valence electrons. The Bertz CT molecular complexity index is 109. The molecule has 0 rings (SSSR count). The molecule has 0 fully saturated rings. The van der Waals surface area contributed by atoms with Gasteiger partial charge in [-0.3, -0.25) is 0 Å². The van der Waals surface area contributed by atoms with Gasteiger partial charge in [-0.1, -0.05) is 6.92 Å². The summed E-state index contributed by atoms with van der Waals surface area (Å²) in [5.74, 6) is 0. The number of hydrogen-bond donors (Lipinski definition) is 3. The first-order chi connectivity index (χ1) is 6.24. The summed E-state index contributed by atoms with van der Waals surface area (Å²) in [5, 5.41) is 25.9. The molecule has 0 heterocycles. The van der Waals surface area contributed by atoms with E-state index in [0.29, 0.717) is 6.42 Å². The summed E-state index contributed by atoms with van der Waals surface area (Å²) in [5.41, 5.74) is 0. The SMILES string of the molecule is CCC(OCCO)OCC(O)CO. The first-order valence-electron chi connectivity index (χ1n) is 4.37. The highest BCUT2D eigenvalue weighted by atomic mass is 16.7. The van der Waals surface area contributed by atoms with E-state index in [1.165, 1.54) is 0 Å². The molecule has 0 saturated heterocycles. The predicted octanol–water partition coefficient (Wildman–Crippen LogP) is -0.899. The van der Waals surface area contributed by atoms with Crippen LogP contribution in [0.1, 0.15) is 13.3 Å². The minimum atomic E-state index is -0.869. The fourth-order valence-electron chi connectivity index (χ4n) is 0.739. The fraction of sp³-hybridized carbons (Fsp3) is 1.00. The zero-order valence-corrected chi connectivity index (χ0v) is 7.85. The molecule has 5 heteroatoms. The van der Waals surface area contributed by atoms with Crippen LogP contribution in [0.4, 0.5) is 0 Å². The molecule has 2 atom stereocenters. The van der Waals surface area contributed by atoms with Gasteiger partial charge in [0, 0.05) is 0 Å². The van der Waals surface area contributed by atoms with Gasteiger partial charge in [-0.25, -0.2) is 0 Å². The normalized spacial score (nSPS) is 15.7. The highest BCUT2D eigenvalue weighted by Gasteiger charge is 2.09. The van der Waals surface area contributed by atoms with E-state index in [0.717, 1.165) is 0 Å². The molecule has 0 aromatic rings. The molecule has 2 unspecified atom stereocenters. The molecular weight excluding hydrogens is 176 g/mol. The molecule has 0 aliphatic carbocycles. The van der Waals surface area contributed by atoms with E-state index in [2.05, 4.69) is 0 Å². The monoisotopic (exact) mass is 194 g/mol. The highest BCUT2D eigenvalue weighted by Crippen LogP contribution is 2.00. The fourth-order valence-corrected chi connectivity index (χ4v) is 0.739. The Kier molecular flexibility index (Phi) is 8.27. The van der Waals surface area contributed by atoms with Crippen LogP contribution < -0.4 is 0 Å². The number of rotatable bonds is 8. The topological polar surface area (TPSA) is 79.2 Å². The maximum Gasteiger partial charge on any atom is 0.157 e. The van der Waals surface area contributed by atoms with E-state index in [1.807, 2.05) is 6.92 Å². The van der Waals surface area contributed by atoms with Crippen LogP contribution >= 0.6 is 0 Å². The Balaban J connectivity index is 3.46. The summed E-state index contributed by atoms with van der Waals surface area (Å²) in [4.78, 5) is 0. The maximum atomic E-state index is 8.95. The smallest absolute Gasteiger partial charge is 0.157 e. The summed E-state index contributed by atoms with van der Waals surface area (Å²) in [6.45, 7) is 1.75. The highest BCUT2D eigenvalue weighted by molar-refractivity contribution is 4.50. The van der Waals surface area contributed by atoms with Crippen molar-refractivity contribution < 1.29 is 24.8 Å². The van der Waals surface area contributed by atoms with Crippen LogP contribution in [-0.2, 0) is 9.47 Å². The van der Waals surface area contributed by atoms with Crippen LogP contribution in [-0.4, -0.2) is 54.1 Å². The molecule has 0 saturated carbocycles. The van der Waals surface area contributed by atoms with Gasteiger partial charge in [-0.2, -0.15) is 0 Å². The van der Waals surface area contributed by atoms with Crippen LogP contribution in [0.5, 0.6) is 0 Å². The lowest BCUT2D eigenvalue weighted by molar-refractivity contribution is -0.165. The van der Waals surface area contributed by atoms with Crippen molar-refractivity contribution in [2.45, 2.75) is 25.7 Å². The molecule has 0 spiro atoms. The third-order valence-electron chi connectivity index (χ3n) is 1.41. The molecule has 3 N–H and O–H groups in total. The van der Waals surface area contributed by atoms with Crippen molar-refractivity contribution in [2.75, 3.05) is 26.4 Å². The van der Waals surface area contributed by atoms with Crippen LogP contribution in [0.15, 0.2) is 0 Å². The van der Waals surface area contributed by atoms with E-state index in [4.69, 9.17) is 24.8 Å². The van der Waals surface area contributed by atoms with Crippen molar-refractivity contribution in [3.8, 4) is 0 Å². The second-order valence-electron chi connectivity index (χ2n) is 2.60. The van der Waals surface area contributed by atoms with E-state index in [1.54, 1.807) is 0 Å². The van der Waals surface area contributed by atoms with Gasteiger partial charge < -0.3 is 24.8 Å². The van der Waals surface area contributed by atoms with Crippen molar-refractivity contribution in [1.82, 2.24) is 0 Å². The molecule has 5 nitrogen and oxygen atoms in total. The van der Waals surface area contributed by atoms with Crippen molar-refractivity contribution >= 4 is 0 Å². The summed E-state index contributed by atoms with van der Waals surface area (Å²) in [6, 6.07) is 0. The summed E-state index contributed by atoms with van der Waals surface area (Å²) < 4.78 is 10.2. The third kappa shape index (κ3) is 6.92. The minimum absolute atomic E-state index is 0.0421. The zero-order chi connectivity index (χ0) is 10.1. The van der Waals surface area contributed by atoms with E-state index in [9.17, 15) is 0 Å². The van der Waals surface area contributed by atoms with E-state index >= 15 is 0 Å². The number of aliphatic hydroxyl groups excluding tert-OH is 3. The molecule has 13 heavy (non-hydrogen) atoms. The van der Waals surface area contributed by atoms with Gasteiger partial charge in [0.2, 0.25) is 0 Å². The number of hydrogen-bond acceptors (Lipinski definition) is 5. The van der Waals surface area contributed by atoms with Gasteiger partial charge in [0.1, 0.15) is 6.10 Å². The van der Waals surface area contributed by atoms with Gasteiger partial charge in [-0.15, -0.1) is 0 Å². The molecule has 0 aromatic carbocycles. The maximum absolute atomic E-state index is 8.95. The average molecular weight is 194 g/mol. The number of ether oxygens (including phenoxy) is 2. The van der Waals surface area contributed by atoms with Gasteiger partial charge in [0.15, 0.2) is 6.29 Å². The largest absolute Gasteiger partial charge is 0.394 e. The van der Waals surface area contributed by atoms with Crippen molar-refractivity contribution in [2.24, 2.45) is 0 Å². The van der Waals surface area contributed by atoms with Gasteiger partial charge in [-0.05, 0) is 6.42 Å². The molecule has 0 aromatic heterocycles. The summed E-state index contributed by atoms with van der Waals surface area (Å²) >= 11 is 0. The summed E-state index contributed by atoms with van der Waals surface area (Å²) in [7, 11) is 0. The van der Waals surface area contributed by atoms with E-state index in [-0.39, 0.29) is 26.4 Å². The predicted molar refractivity (Wildman–Crippen MR) is 46.2 cm³/mol. The second kappa shape index (κ2) is 8.40. The molecule has 0 radical (unpaired) electrons. The van der Waals surface area contributed by atoms with Gasteiger partial charge in [0.25, 0.3) is 0 Å². The summed E-state index contributed by atoms with van der Waals surface area (Å²) in [6.07, 6.45) is -0.654. The Labute approximate surface area is 77.9 Å². The Morgan fingerprint density at radius 3 is 2.38 bits per heavy atom. The van der Waals surface area contributed by atoms with Crippen molar-refractivity contribution in [3.63, 3.8) is 0 Å². The third-order valence-corrected chi connectivity index (χ3v) is 1.41. The van der Waals surface area contributed by atoms with Crippen LogP contribution in [0, 0.1) is 0 Å². The molecule has 0 aliphatic heterocycles. The van der Waals surface area contributed by atoms with Crippen LogP contribution in [0.2, 0.25) is 0 Å². The van der Waals surface area contributed by atoms with Crippen molar-refractivity contribution in [3.05, 3.63) is 0 Å². The first-order valence-corrected chi connectivity index (χ1v) is 4.37. The average Bonchev–Trinajstić information content (AvgIpc) is 2.17. The Morgan fingerprint density at radius 2 is 1.92 bits per heavy atom. The van der Waals surface area contributed by atoms with E-state index < -0.39 is 12.4 Å². The number of aliphatic hydroxyl groups is 3. The first kappa shape index (κ1) is 12.8. The van der Waals surface area contributed by atoms with Crippen LogP contribution in [0.25, 0.3) is 0 Å². The second-order valence-corrected chi connectivity index (χ2v) is 2.60. The molecule has 0 bridgehead atoms. The lowest BCUT2D eigenvalue weighted by Gasteiger charge is -2.17. The standard InChI is InChI=1S/C8H18O5/c1-2-8(12-4-3-9)13-6-7(11)5-10/h7-11H,2-6H2,1H3. The Morgan fingerprint density at radius 1 is 1.23 bits per heavy atom.